The second-order valence-electron chi connectivity index (χ2n) is 9.25. The van der Waals surface area contributed by atoms with E-state index < -0.39 is 80.7 Å². The van der Waals surface area contributed by atoms with Crippen LogP contribution in [0.3, 0.4) is 0 Å². The Morgan fingerprint density at radius 1 is 1.17 bits per heavy atom. The van der Waals surface area contributed by atoms with E-state index in [0.29, 0.717) is 18.3 Å². The molecule has 1 aromatic carbocycles. The predicted octanol–water partition coefficient (Wildman–Crippen LogP) is 0.109. The van der Waals surface area contributed by atoms with Crippen molar-refractivity contribution in [3.05, 3.63) is 29.8 Å². The number of alkyl halides is 3. The lowest BCUT2D eigenvalue weighted by Crippen LogP contribution is -2.64. The first-order chi connectivity index (χ1) is 19.2. The molecule has 2 fully saturated rings. The van der Waals surface area contributed by atoms with Crippen molar-refractivity contribution in [3.63, 3.8) is 0 Å². The first-order valence-corrected chi connectivity index (χ1v) is 13.7. The molecular formula is C23H26F3N6O8S+. The molecule has 0 aliphatic carbocycles. The molecule has 18 heteroatoms. The van der Waals surface area contributed by atoms with Crippen molar-refractivity contribution in [1.29, 1.82) is 5.53 Å². The van der Waals surface area contributed by atoms with Crippen LogP contribution in [0.2, 0.25) is 0 Å². The van der Waals surface area contributed by atoms with Gasteiger partial charge in [0.25, 0.3) is 11.7 Å². The maximum atomic E-state index is 13.6. The van der Waals surface area contributed by atoms with Crippen LogP contribution < -0.4 is 10.0 Å². The van der Waals surface area contributed by atoms with Crippen molar-refractivity contribution in [2.24, 2.45) is 0 Å². The van der Waals surface area contributed by atoms with E-state index in [-0.39, 0.29) is 38.6 Å². The number of sulfonamides is 1. The van der Waals surface area contributed by atoms with Crippen molar-refractivity contribution in [1.82, 2.24) is 20.1 Å². The van der Waals surface area contributed by atoms with E-state index in [1.807, 2.05) is 0 Å². The van der Waals surface area contributed by atoms with E-state index >= 15 is 0 Å². The number of Topliss-reactive ketones (excluding diaryl/α,β-unsaturated/α-hetero) is 1. The van der Waals surface area contributed by atoms with E-state index in [1.165, 1.54) is 0 Å². The van der Waals surface area contributed by atoms with E-state index in [9.17, 15) is 45.6 Å². The summed E-state index contributed by atoms with van der Waals surface area (Å²) < 4.78 is 66.6. The van der Waals surface area contributed by atoms with Gasteiger partial charge in [-0.3, -0.25) is 29.0 Å². The van der Waals surface area contributed by atoms with Crippen molar-refractivity contribution < 1.29 is 55.5 Å². The number of amides is 3. The van der Waals surface area contributed by atoms with Crippen LogP contribution in [0.5, 0.6) is 0 Å². The highest BCUT2D eigenvalue weighted by atomic mass is 32.2. The summed E-state index contributed by atoms with van der Waals surface area (Å²) in [4.78, 5) is 65.2. The number of hydrogen-bond donors (Lipinski definition) is 4. The molecule has 0 spiro atoms. The van der Waals surface area contributed by atoms with Gasteiger partial charge in [-0.2, -0.15) is 17.9 Å². The highest BCUT2D eigenvalue weighted by molar-refractivity contribution is 7.89. The highest BCUT2D eigenvalue weighted by Crippen LogP contribution is 2.30. The van der Waals surface area contributed by atoms with Crippen molar-refractivity contribution >= 4 is 45.7 Å². The molecule has 41 heavy (non-hydrogen) atoms. The Hall–Kier alpha value is -4.15. The minimum absolute atomic E-state index is 0.00605. The average molecular weight is 604 g/mol. The minimum Gasteiger partial charge on any atom is -0.481 e. The van der Waals surface area contributed by atoms with Gasteiger partial charge in [0.1, 0.15) is 12.1 Å². The summed E-state index contributed by atoms with van der Waals surface area (Å²) in [6, 6.07) is -1.80. The van der Waals surface area contributed by atoms with Gasteiger partial charge in [0, 0.05) is 19.4 Å². The van der Waals surface area contributed by atoms with Gasteiger partial charge in [0.2, 0.25) is 21.8 Å². The molecule has 3 atom stereocenters. The fraction of sp³-hybridized carbons (Fsp3) is 0.478. The Labute approximate surface area is 231 Å². The van der Waals surface area contributed by atoms with Gasteiger partial charge in [0.05, 0.1) is 26.8 Å². The molecule has 0 unspecified atom stereocenters. The summed E-state index contributed by atoms with van der Waals surface area (Å²) in [5, 5.41) is 13.1. The quantitative estimate of drug-likeness (QED) is 0.164. The Morgan fingerprint density at radius 2 is 1.83 bits per heavy atom. The lowest BCUT2D eigenvalue weighted by atomic mass is 10.0. The molecule has 3 rings (SSSR count). The topological polar surface area (TPSA) is 208 Å². The number of benzene rings is 1. The summed E-state index contributed by atoms with van der Waals surface area (Å²) in [7, 11) is -4.54. The molecule has 0 saturated carbocycles. The molecule has 14 nitrogen and oxygen atoms in total. The Bertz CT molecular complexity index is 1380. The number of aliphatic carboxylic acids is 1. The third-order valence-corrected chi connectivity index (χ3v) is 7.94. The SMILES string of the molecule is N=[N+]=CC(=O)[C@H](CCC(=O)O)NC(=O)[C@@H]1CCCN2C(=O)CC[C@H](NS(=O)(=O)c3ccc(C(F)(F)F)cc3)C(=O)N12. The fourth-order valence-electron chi connectivity index (χ4n) is 4.43. The van der Waals surface area contributed by atoms with Gasteiger partial charge < -0.3 is 10.4 Å². The summed E-state index contributed by atoms with van der Waals surface area (Å²) in [6.45, 7) is 0.0274. The molecule has 0 radical (unpaired) electrons. The van der Waals surface area contributed by atoms with Crippen LogP contribution in [-0.2, 0) is 40.2 Å². The van der Waals surface area contributed by atoms with E-state index in [4.69, 9.17) is 10.6 Å². The minimum atomic E-state index is -4.70. The number of carboxylic acid groups (broad SMARTS) is 1. The summed E-state index contributed by atoms with van der Waals surface area (Å²) in [5.74, 6) is -4.63. The fourth-order valence-corrected chi connectivity index (χ4v) is 5.66. The van der Waals surface area contributed by atoms with E-state index in [2.05, 4.69) is 14.8 Å². The lowest BCUT2D eigenvalue weighted by Gasteiger charge is -2.43. The average Bonchev–Trinajstić information content (AvgIpc) is 3.02. The van der Waals surface area contributed by atoms with Crippen LogP contribution in [0.25, 0.3) is 0 Å². The van der Waals surface area contributed by atoms with Crippen LogP contribution in [0.1, 0.15) is 44.1 Å². The Morgan fingerprint density at radius 3 is 2.41 bits per heavy atom. The van der Waals surface area contributed by atoms with Crippen molar-refractivity contribution in [2.75, 3.05) is 6.54 Å². The second-order valence-corrected chi connectivity index (χ2v) is 11.0. The number of carboxylic acids is 1. The number of nitrogens with zero attached hydrogens (tertiary/aromatic N) is 3. The number of ketones is 1. The normalized spacial score (nSPS) is 20.4. The summed E-state index contributed by atoms with van der Waals surface area (Å²) >= 11 is 0. The van der Waals surface area contributed by atoms with Crippen LogP contribution >= 0.6 is 0 Å². The van der Waals surface area contributed by atoms with E-state index in [0.717, 1.165) is 22.2 Å². The molecule has 2 saturated heterocycles. The number of nitrogens with one attached hydrogen (secondary N) is 3. The highest BCUT2D eigenvalue weighted by Gasteiger charge is 2.46. The van der Waals surface area contributed by atoms with Crippen molar-refractivity contribution in [2.45, 2.75) is 67.7 Å². The van der Waals surface area contributed by atoms with Crippen molar-refractivity contribution in [3.8, 4) is 0 Å². The molecule has 2 heterocycles. The maximum Gasteiger partial charge on any atom is 0.416 e. The Balaban J connectivity index is 1.86. The second kappa shape index (κ2) is 12.6. The van der Waals surface area contributed by atoms with Gasteiger partial charge >= 0.3 is 18.4 Å². The molecule has 0 bridgehead atoms. The third kappa shape index (κ3) is 7.53. The number of carbonyl (C=O) groups is 5. The summed E-state index contributed by atoms with van der Waals surface area (Å²) in [6.07, 6.45) is -5.34. The van der Waals surface area contributed by atoms with Gasteiger partial charge in [-0.25, -0.2) is 13.4 Å². The molecule has 222 valence electrons. The molecule has 1 aromatic rings. The standard InChI is InChI=1S/C23H25F3N6O8S/c24-23(25,26)13-3-5-14(6-4-13)41(39,40)30-16-7-9-19(34)31-11-1-2-17(32(31)22(16)38)21(37)29-15(8-10-20(35)36)18(33)12-28-27/h3-6,12,15-17,27,30H,1-2,7-11H2,(H-,29,35,36,37)/p+1/t15-,16-,17-/m0/s1. The molecule has 0 aromatic heterocycles. The zero-order chi connectivity index (χ0) is 30.5. The largest absolute Gasteiger partial charge is 0.481 e. The first-order valence-electron chi connectivity index (χ1n) is 12.2. The molecule has 2 aliphatic rings. The molecule has 3 amide bonds. The van der Waals surface area contributed by atoms with Gasteiger partial charge in [0.15, 0.2) is 0 Å². The molecular weight excluding hydrogens is 577 g/mol. The van der Waals surface area contributed by atoms with Gasteiger partial charge in [-0.15, -0.1) is 0 Å². The smallest absolute Gasteiger partial charge is 0.416 e. The molecule has 4 N–H and O–H groups in total. The number of carbonyl (C=O) groups excluding carboxylic acids is 4. The number of halogens is 3. The number of hydrazine groups is 1. The third-order valence-electron chi connectivity index (χ3n) is 6.45. The maximum absolute atomic E-state index is 13.6. The van der Waals surface area contributed by atoms with Crippen LogP contribution in [-0.4, -0.2) is 88.7 Å². The van der Waals surface area contributed by atoms with Gasteiger partial charge in [-0.05, 0) is 49.9 Å². The lowest BCUT2D eigenvalue weighted by molar-refractivity contribution is -0.176. The predicted molar refractivity (Wildman–Crippen MR) is 129 cm³/mol. The van der Waals surface area contributed by atoms with Crippen LogP contribution in [0, 0.1) is 5.53 Å². The van der Waals surface area contributed by atoms with Crippen LogP contribution in [0.15, 0.2) is 29.2 Å². The Kier molecular flexibility index (Phi) is 9.62. The molecule has 2 aliphatic heterocycles. The van der Waals surface area contributed by atoms with E-state index in [1.54, 1.807) is 0 Å². The number of rotatable bonds is 10. The first kappa shape index (κ1) is 31.4. The number of hydrogen-bond acceptors (Lipinski definition) is 8. The zero-order valence-electron chi connectivity index (χ0n) is 21.3. The number of fused-ring (bicyclic) bond motifs is 1. The van der Waals surface area contributed by atoms with Gasteiger partial charge in [-0.1, -0.05) is 0 Å². The summed E-state index contributed by atoms with van der Waals surface area (Å²) in [5.41, 5.74) is 5.74. The van der Waals surface area contributed by atoms with Crippen LogP contribution in [0.4, 0.5) is 13.2 Å². The monoisotopic (exact) mass is 603 g/mol. The zero-order valence-corrected chi connectivity index (χ0v) is 22.1.